The summed E-state index contributed by atoms with van der Waals surface area (Å²) in [5.41, 5.74) is 0.466. The first-order chi connectivity index (χ1) is 7.79. The molecule has 0 aliphatic heterocycles. The van der Waals surface area contributed by atoms with Crippen molar-refractivity contribution in [3.63, 3.8) is 0 Å². The van der Waals surface area contributed by atoms with Gasteiger partial charge in [0.05, 0.1) is 5.56 Å². The zero-order chi connectivity index (χ0) is 11.4. The molecule has 3 heteroatoms. The van der Waals surface area contributed by atoms with Crippen LogP contribution in [0.15, 0.2) is 48.5 Å². The molecular weight excluding hydrogens is 222 g/mol. The van der Waals surface area contributed by atoms with Crippen molar-refractivity contribution in [1.29, 1.82) is 5.26 Å². The minimum atomic E-state index is 0.466. The van der Waals surface area contributed by atoms with Crippen LogP contribution in [0.5, 0.6) is 11.5 Å². The molecule has 0 spiro atoms. The van der Waals surface area contributed by atoms with Crippen LogP contribution in [0, 0.1) is 11.3 Å². The Kier molecular flexibility index (Phi) is 3.09. The van der Waals surface area contributed by atoms with Gasteiger partial charge in [-0.15, -0.1) is 0 Å². The van der Waals surface area contributed by atoms with E-state index in [0.29, 0.717) is 22.1 Å². The molecule has 2 rings (SSSR count). The molecule has 0 aliphatic rings. The Labute approximate surface area is 98.7 Å². The Hall–Kier alpha value is -1.98. The van der Waals surface area contributed by atoms with Crippen LogP contribution in [0.4, 0.5) is 0 Å². The van der Waals surface area contributed by atoms with Crippen LogP contribution < -0.4 is 4.74 Å². The maximum Gasteiger partial charge on any atom is 0.146 e. The van der Waals surface area contributed by atoms with Gasteiger partial charge < -0.3 is 4.74 Å². The average Bonchev–Trinajstić information content (AvgIpc) is 2.31. The van der Waals surface area contributed by atoms with Gasteiger partial charge in [-0.2, -0.15) is 5.26 Å². The summed E-state index contributed by atoms with van der Waals surface area (Å²) in [6.45, 7) is 0. The van der Waals surface area contributed by atoms with Gasteiger partial charge in [0.2, 0.25) is 0 Å². The van der Waals surface area contributed by atoms with Gasteiger partial charge in [0.25, 0.3) is 0 Å². The van der Waals surface area contributed by atoms with Crippen molar-refractivity contribution in [2.75, 3.05) is 0 Å². The third-order valence-corrected chi connectivity index (χ3v) is 2.27. The molecule has 78 valence electrons. The first-order valence-electron chi connectivity index (χ1n) is 4.72. The van der Waals surface area contributed by atoms with Crippen molar-refractivity contribution in [1.82, 2.24) is 0 Å². The number of ether oxygens (including phenoxy) is 1. The molecule has 0 aromatic heterocycles. The molecule has 0 unspecified atom stereocenters. The van der Waals surface area contributed by atoms with Gasteiger partial charge in [0, 0.05) is 11.1 Å². The normalized spacial score (nSPS) is 9.50. The third kappa shape index (κ3) is 2.33. The number of rotatable bonds is 2. The summed E-state index contributed by atoms with van der Waals surface area (Å²) >= 11 is 5.85. The monoisotopic (exact) mass is 229 g/mol. The Balaban J connectivity index is 2.35. The molecule has 16 heavy (non-hydrogen) atoms. The highest BCUT2D eigenvalue weighted by atomic mass is 35.5. The van der Waals surface area contributed by atoms with E-state index >= 15 is 0 Å². The average molecular weight is 230 g/mol. The van der Waals surface area contributed by atoms with Crippen molar-refractivity contribution in [3.8, 4) is 17.6 Å². The fraction of sp³-hybridized carbons (Fsp3) is 0. The third-order valence-electron chi connectivity index (χ3n) is 2.04. The standard InChI is InChI=1S/C13H8ClNO/c14-11-7-6-10(9-15)13(8-11)16-12-4-2-1-3-5-12/h1-8H. The summed E-state index contributed by atoms with van der Waals surface area (Å²) in [5.74, 6) is 1.16. The van der Waals surface area contributed by atoms with E-state index in [0.717, 1.165) is 0 Å². The van der Waals surface area contributed by atoms with E-state index in [1.807, 2.05) is 30.3 Å². The summed E-state index contributed by atoms with van der Waals surface area (Å²) in [5, 5.41) is 9.46. The number of halogens is 1. The van der Waals surface area contributed by atoms with Crippen molar-refractivity contribution in [2.24, 2.45) is 0 Å². The highest BCUT2D eigenvalue weighted by Gasteiger charge is 2.04. The molecular formula is C13H8ClNO. The van der Waals surface area contributed by atoms with E-state index in [1.54, 1.807) is 18.2 Å². The summed E-state index contributed by atoms with van der Waals surface area (Å²) in [7, 11) is 0. The zero-order valence-electron chi connectivity index (χ0n) is 8.35. The van der Waals surface area contributed by atoms with Crippen LogP contribution in [-0.2, 0) is 0 Å². The quantitative estimate of drug-likeness (QED) is 0.780. The minimum Gasteiger partial charge on any atom is -0.456 e. The van der Waals surface area contributed by atoms with Crippen molar-refractivity contribution in [2.45, 2.75) is 0 Å². The lowest BCUT2D eigenvalue weighted by Gasteiger charge is -2.07. The van der Waals surface area contributed by atoms with Gasteiger partial charge in [-0.05, 0) is 24.3 Å². The molecule has 0 heterocycles. The number of hydrogen-bond acceptors (Lipinski definition) is 2. The molecule has 0 atom stereocenters. The van der Waals surface area contributed by atoms with E-state index in [1.165, 1.54) is 0 Å². The van der Waals surface area contributed by atoms with E-state index in [2.05, 4.69) is 6.07 Å². The largest absolute Gasteiger partial charge is 0.456 e. The molecule has 2 aromatic rings. The smallest absolute Gasteiger partial charge is 0.146 e. The van der Waals surface area contributed by atoms with Gasteiger partial charge in [-0.25, -0.2) is 0 Å². The molecule has 0 radical (unpaired) electrons. The Morgan fingerprint density at radius 3 is 2.50 bits per heavy atom. The highest BCUT2D eigenvalue weighted by molar-refractivity contribution is 6.30. The Morgan fingerprint density at radius 1 is 1.06 bits per heavy atom. The van der Waals surface area contributed by atoms with Gasteiger partial charge in [0.1, 0.15) is 17.6 Å². The molecule has 0 bridgehead atoms. The maximum atomic E-state index is 8.91. The molecule has 2 aromatic carbocycles. The molecule has 0 amide bonds. The number of para-hydroxylation sites is 1. The lowest BCUT2D eigenvalue weighted by molar-refractivity contribution is 0.481. The van der Waals surface area contributed by atoms with Crippen LogP contribution in [-0.4, -0.2) is 0 Å². The van der Waals surface area contributed by atoms with Gasteiger partial charge >= 0.3 is 0 Å². The number of benzene rings is 2. The summed E-state index contributed by atoms with van der Waals surface area (Å²) in [6, 6.07) is 16.3. The first kappa shape index (κ1) is 10.5. The Morgan fingerprint density at radius 2 is 1.81 bits per heavy atom. The second-order valence-corrected chi connectivity index (χ2v) is 3.60. The predicted molar refractivity (Wildman–Crippen MR) is 62.7 cm³/mol. The number of hydrogen-bond donors (Lipinski definition) is 0. The lowest BCUT2D eigenvalue weighted by atomic mass is 10.2. The van der Waals surface area contributed by atoms with E-state index in [4.69, 9.17) is 21.6 Å². The van der Waals surface area contributed by atoms with Crippen molar-refractivity contribution < 1.29 is 4.74 Å². The van der Waals surface area contributed by atoms with Crippen molar-refractivity contribution >= 4 is 11.6 Å². The fourth-order valence-electron chi connectivity index (χ4n) is 1.29. The fourth-order valence-corrected chi connectivity index (χ4v) is 1.45. The maximum absolute atomic E-state index is 8.91. The van der Waals surface area contributed by atoms with Crippen LogP contribution in [0.25, 0.3) is 0 Å². The van der Waals surface area contributed by atoms with E-state index < -0.39 is 0 Å². The summed E-state index contributed by atoms with van der Waals surface area (Å²) in [4.78, 5) is 0. The second-order valence-electron chi connectivity index (χ2n) is 3.17. The molecule has 0 aliphatic carbocycles. The summed E-state index contributed by atoms with van der Waals surface area (Å²) < 4.78 is 5.57. The lowest BCUT2D eigenvalue weighted by Crippen LogP contribution is -1.87. The first-order valence-corrected chi connectivity index (χ1v) is 5.10. The second kappa shape index (κ2) is 4.69. The van der Waals surface area contributed by atoms with E-state index in [-0.39, 0.29) is 0 Å². The highest BCUT2D eigenvalue weighted by Crippen LogP contribution is 2.27. The predicted octanol–water partition coefficient (Wildman–Crippen LogP) is 4.00. The molecule has 0 saturated heterocycles. The summed E-state index contributed by atoms with van der Waals surface area (Å²) in [6.07, 6.45) is 0. The minimum absolute atomic E-state index is 0.466. The van der Waals surface area contributed by atoms with E-state index in [9.17, 15) is 0 Å². The SMILES string of the molecule is N#Cc1ccc(Cl)cc1Oc1ccccc1. The molecule has 0 N–H and O–H groups in total. The van der Waals surface area contributed by atoms with Gasteiger partial charge in [0.15, 0.2) is 0 Å². The van der Waals surface area contributed by atoms with Crippen molar-refractivity contribution in [3.05, 3.63) is 59.1 Å². The van der Waals surface area contributed by atoms with Crippen LogP contribution >= 0.6 is 11.6 Å². The zero-order valence-corrected chi connectivity index (χ0v) is 9.11. The van der Waals surface area contributed by atoms with Crippen LogP contribution in [0.3, 0.4) is 0 Å². The molecule has 2 nitrogen and oxygen atoms in total. The topological polar surface area (TPSA) is 33.0 Å². The van der Waals surface area contributed by atoms with Gasteiger partial charge in [-0.1, -0.05) is 29.8 Å². The van der Waals surface area contributed by atoms with Crippen LogP contribution in [0.1, 0.15) is 5.56 Å². The van der Waals surface area contributed by atoms with Crippen LogP contribution in [0.2, 0.25) is 5.02 Å². The number of nitriles is 1. The number of nitrogens with zero attached hydrogens (tertiary/aromatic N) is 1. The Bertz CT molecular complexity index is 531. The molecule has 0 fully saturated rings. The molecule has 0 saturated carbocycles. The van der Waals surface area contributed by atoms with Gasteiger partial charge in [-0.3, -0.25) is 0 Å².